The molecule has 0 aromatic heterocycles. The monoisotopic (exact) mass is 448 g/mol. The van der Waals surface area contributed by atoms with E-state index in [4.69, 9.17) is 0 Å². The minimum absolute atomic E-state index is 0.0157. The highest BCUT2D eigenvalue weighted by atomic mass is 32.2. The van der Waals surface area contributed by atoms with E-state index >= 15 is 0 Å². The molecule has 4 amide bonds. The fourth-order valence-electron chi connectivity index (χ4n) is 4.35. The van der Waals surface area contributed by atoms with Crippen molar-refractivity contribution in [2.24, 2.45) is 0 Å². The number of nitrogens with zero attached hydrogens (tertiary/aromatic N) is 3. The van der Waals surface area contributed by atoms with E-state index in [0.717, 1.165) is 4.31 Å². The van der Waals surface area contributed by atoms with Crippen LogP contribution >= 0.6 is 0 Å². The van der Waals surface area contributed by atoms with E-state index in [2.05, 4.69) is 5.32 Å². The molecular weight excluding hydrogens is 424 g/mol. The number of piperidine rings is 1. The molecule has 2 fully saturated rings. The Hall–Kier alpha value is -2.79. The molecule has 0 bridgehead atoms. The van der Waals surface area contributed by atoms with Gasteiger partial charge in [-0.3, -0.25) is 24.5 Å². The van der Waals surface area contributed by atoms with Gasteiger partial charge in [0.1, 0.15) is 6.04 Å². The van der Waals surface area contributed by atoms with Crippen LogP contribution in [0.4, 0.5) is 0 Å². The fraction of sp³-hybridized carbons (Fsp3) is 0.500. The number of sulfonamides is 1. The lowest BCUT2D eigenvalue weighted by Crippen LogP contribution is -2.54. The van der Waals surface area contributed by atoms with Crippen molar-refractivity contribution in [1.82, 2.24) is 19.4 Å². The number of rotatable bonds is 4. The summed E-state index contributed by atoms with van der Waals surface area (Å²) in [5, 5.41) is 2.23. The number of carbonyl (C=O) groups is 4. The van der Waals surface area contributed by atoms with Gasteiger partial charge in [0.25, 0.3) is 5.91 Å². The molecule has 1 aromatic rings. The Morgan fingerprint density at radius 3 is 2.45 bits per heavy atom. The number of hydrogen-bond donors (Lipinski definition) is 1. The van der Waals surface area contributed by atoms with E-state index in [-0.39, 0.29) is 60.8 Å². The van der Waals surface area contributed by atoms with Crippen LogP contribution in [-0.4, -0.2) is 77.9 Å². The first-order valence-corrected chi connectivity index (χ1v) is 11.6. The van der Waals surface area contributed by atoms with Crippen LogP contribution in [0, 0.1) is 0 Å². The van der Waals surface area contributed by atoms with E-state index in [1.165, 1.54) is 23.1 Å². The van der Waals surface area contributed by atoms with Gasteiger partial charge >= 0.3 is 0 Å². The van der Waals surface area contributed by atoms with Crippen molar-refractivity contribution in [3.8, 4) is 0 Å². The van der Waals surface area contributed by atoms with Crippen molar-refractivity contribution in [2.75, 3.05) is 19.6 Å². The number of fused-ring (bicyclic) bond motifs is 1. The topological polar surface area (TPSA) is 124 Å². The Kier molecular flexibility index (Phi) is 5.34. The smallest absolute Gasteiger partial charge is 0.255 e. The predicted molar refractivity (Wildman–Crippen MR) is 108 cm³/mol. The molecule has 0 saturated carbocycles. The second-order valence-corrected chi connectivity index (χ2v) is 10.1. The van der Waals surface area contributed by atoms with Crippen LogP contribution < -0.4 is 5.32 Å². The van der Waals surface area contributed by atoms with Gasteiger partial charge in [0.05, 0.1) is 11.4 Å². The summed E-state index contributed by atoms with van der Waals surface area (Å²) in [7, 11) is -4.02. The average molecular weight is 449 g/mol. The molecule has 31 heavy (non-hydrogen) atoms. The summed E-state index contributed by atoms with van der Waals surface area (Å²) in [4.78, 5) is 52.0. The number of amides is 4. The standard InChI is InChI=1S/C20H24N4O6S/c1-12(2)23-9-8-22(11-18(23)26)31(29,30)16-5-3-4-13-14(16)10-24(20(13)28)15-6-7-17(25)21-19(15)27/h3-5,12,15H,6-11H2,1-2H3,(H,21,25,27). The molecule has 2 saturated heterocycles. The molecule has 3 aliphatic rings. The second-order valence-electron chi connectivity index (χ2n) is 8.20. The molecule has 1 aromatic carbocycles. The van der Waals surface area contributed by atoms with Crippen molar-refractivity contribution in [2.45, 2.75) is 50.2 Å². The zero-order chi connectivity index (χ0) is 22.5. The van der Waals surface area contributed by atoms with Crippen LogP contribution in [-0.2, 0) is 31.0 Å². The maximum Gasteiger partial charge on any atom is 0.255 e. The third-order valence-corrected chi connectivity index (χ3v) is 7.93. The lowest BCUT2D eigenvalue weighted by molar-refractivity contribution is -0.137. The van der Waals surface area contributed by atoms with Gasteiger partial charge in [0, 0.05) is 43.2 Å². The number of carbonyl (C=O) groups excluding carboxylic acids is 4. The second kappa shape index (κ2) is 7.72. The highest BCUT2D eigenvalue weighted by Gasteiger charge is 2.42. The molecule has 0 radical (unpaired) electrons. The molecule has 3 heterocycles. The van der Waals surface area contributed by atoms with Gasteiger partial charge in [-0.1, -0.05) is 6.07 Å². The van der Waals surface area contributed by atoms with Gasteiger partial charge in [-0.25, -0.2) is 8.42 Å². The molecule has 11 heteroatoms. The molecule has 1 N–H and O–H groups in total. The van der Waals surface area contributed by atoms with Gasteiger partial charge < -0.3 is 9.80 Å². The van der Waals surface area contributed by atoms with E-state index in [1.54, 1.807) is 4.90 Å². The van der Waals surface area contributed by atoms with E-state index in [0.29, 0.717) is 12.1 Å². The lowest BCUT2D eigenvalue weighted by Gasteiger charge is -2.36. The first kappa shape index (κ1) is 21.4. The van der Waals surface area contributed by atoms with Crippen LogP contribution in [0.5, 0.6) is 0 Å². The summed E-state index contributed by atoms with van der Waals surface area (Å²) in [6.07, 6.45) is 0.308. The maximum atomic E-state index is 13.4. The summed E-state index contributed by atoms with van der Waals surface area (Å²) in [6, 6.07) is 3.60. The van der Waals surface area contributed by atoms with E-state index < -0.39 is 27.9 Å². The Labute approximate surface area is 180 Å². The summed E-state index contributed by atoms with van der Waals surface area (Å²) in [5.41, 5.74) is 0.536. The Morgan fingerprint density at radius 1 is 1.06 bits per heavy atom. The molecule has 10 nitrogen and oxygen atoms in total. The van der Waals surface area contributed by atoms with Crippen LogP contribution in [0.25, 0.3) is 0 Å². The molecule has 1 atom stereocenters. The first-order chi connectivity index (χ1) is 14.6. The van der Waals surface area contributed by atoms with E-state index in [1.807, 2.05) is 13.8 Å². The number of nitrogens with one attached hydrogen (secondary N) is 1. The third-order valence-electron chi connectivity index (χ3n) is 6.00. The normalized spacial score (nSPS) is 22.9. The minimum atomic E-state index is -4.02. The largest absolute Gasteiger partial charge is 0.338 e. The number of piperazine rings is 1. The van der Waals surface area contributed by atoms with Crippen molar-refractivity contribution in [3.63, 3.8) is 0 Å². The zero-order valence-corrected chi connectivity index (χ0v) is 18.1. The maximum absolute atomic E-state index is 13.4. The Morgan fingerprint density at radius 2 is 1.81 bits per heavy atom. The molecule has 0 spiro atoms. The number of hydrogen-bond acceptors (Lipinski definition) is 6. The van der Waals surface area contributed by atoms with Crippen LogP contribution in [0.2, 0.25) is 0 Å². The van der Waals surface area contributed by atoms with Crippen molar-refractivity contribution < 1.29 is 27.6 Å². The highest BCUT2D eigenvalue weighted by molar-refractivity contribution is 7.89. The first-order valence-electron chi connectivity index (χ1n) is 10.2. The molecule has 0 aliphatic carbocycles. The van der Waals surface area contributed by atoms with Crippen LogP contribution in [0.15, 0.2) is 23.1 Å². The SMILES string of the molecule is CC(C)N1CCN(S(=O)(=O)c2cccc3c2CN(C2CCC(=O)NC2=O)C3=O)CC1=O. The number of imide groups is 1. The fourth-order valence-corrected chi connectivity index (χ4v) is 5.97. The molecule has 166 valence electrons. The average Bonchev–Trinajstić information content (AvgIpc) is 3.04. The van der Waals surface area contributed by atoms with E-state index in [9.17, 15) is 27.6 Å². The summed E-state index contributed by atoms with van der Waals surface area (Å²) in [5.74, 6) is -1.66. The van der Waals surface area contributed by atoms with Gasteiger partial charge in [-0.2, -0.15) is 4.31 Å². The van der Waals surface area contributed by atoms with Crippen molar-refractivity contribution in [1.29, 1.82) is 0 Å². The van der Waals surface area contributed by atoms with Gasteiger partial charge in [-0.15, -0.1) is 0 Å². The highest BCUT2D eigenvalue weighted by Crippen LogP contribution is 2.33. The van der Waals surface area contributed by atoms with Gasteiger partial charge in [0.2, 0.25) is 27.7 Å². The summed E-state index contributed by atoms with van der Waals surface area (Å²) >= 11 is 0. The van der Waals surface area contributed by atoms with Crippen LogP contribution in [0.3, 0.4) is 0 Å². The zero-order valence-electron chi connectivity index (χ0n) is 17.3. The molecule has 1 unspecified atom stereocenters. The lowest BCUT2D eigenvalue weighted by atomic mass is 10.0. The summed E-state index contributed by atoms with van der Waals surface area (Å²) in [6.45, 7) is 3.92. The Balaban J connectivity index is 1.62. The predicted octanol–water partition coefficient (Wildman–Crippen LogP) is -0.311. The Bertz CT molecular complexity index is 1080. The number of benzene rings is 1. The van der Waals surface area contributed by atoms with Crippen LogP contribution in [0.1, 0.15) is 42.6 Å². The third kappa shape index (κ3) is 3.61. The van der Waals surface area contributed by atoms with Gasteiger partial charge in [-0.05, 0) is 32.4 Å². The van der Waals surface area contributed by atoms with Crippen molar-refractivity contribution in [3.05, 3.63) is 29.3 Å². The minimum Gasteiger partial charge on any atom is -0.338 e. The summed E-state index contributed by atoms with van der Waals surface area (Å²) < 4.78 is 27.9. The molecule has 4 rings (SSSR count). The van der Waals surface area contributed by atoms with Gasteiger partial charge in [0.15, 0.2) is 0 Å². The molecule has 3 aliphatic heterocycles. The molecular formula is C20H24N4O6S. The van der Waals surface area contributed by atoms with Crippen molar-refractivity contribution >= 4 is 33.7 Å². The quantitative estimate of drug-likeness (QED) is 0.630.